The molecule has 2 aromatic rings. The first kappa shape index (κ1) is 21.6. The molecule has 2 saturated heterocycles. The van der Waals surface area contributed by atoms with Gasteiger partial charge in [-0.3, -0.25) is 14.6 Å². The first-order chi connectivity index (χ1) is 16.2. The second-order valence-electron chi connectivity index (χ2n) is 9.20. The minimum absolute atomic E-state index is 0.00928. The third kappa shape index (κ3) is 4.23. The zero-order chi connectivity index (χ0) is 22.8. The molecular formula is C26H28N4O3. The normalized spacial score (nSPS) is 24.6. The summed E-state index contributed by atoms with van der Waals surface area (Å²) in [6.07, 6.45) is 10.6. The van der Waals surface area contributed by atoms with Crippen LogP contribution >= 0.6 is 0 Å². The van der Waals surface area contributed by atoms with Crippen LogP contribution in [0.2, 0.25) is 0 Å². The number of aliphatic hydroxyl groups is 1. The zero-order valence-corrected chi connectivity index (χ0v) is 18.6. The quantitative estimate of drug-likeness (QED) is 0.731. The van der Waals surface area contributed by atoms with Gasteiger partial charge in [0.25, 0.3) is 5.91 Å². The lowest BCUT2D eigenvalue weighted by Gasteiger charge is -2.58. The lowest BCUT2D eigenvalue weighted by Crippen LogP contribution is -2.73. The van der Waals surface area contributed by atoms with Crippen molar-refractivity contribution < 1.29 is 14.7 Å². The second kappa shape index (κ2) is 9.32. The molecule has 3 fully saturated rings. The van der Waals surface area contributed by atoms with Gasteiger partial charge in [0.2, 0.25) is 5.91 Å². The molecule has 2 amide bonds. The number of carbonyl (C=O) groups is 2. The van der Waals surface area contributed by atoms with Gasteiger partial charge in [-0.05, 0) is 36.5 Å². The van der Waals surface area contributed by atoms with E-state index in [1.807, 2.05) is 24.3 Å². The van der Waals surface area contributed by atoms with Gasteiger partial charge in [0.1, 0.15) is 12.2 Å². The molecule has 0 spiro atoms. The minimum atomic E-state index is -0.296. The van der Waals surface area contributed by atoms with Gasteiger partial charge in [-0.15, -0.1) is 0 Å². The third-order valence-corrected chi connectivity index (χ3v) is 7.22. The zero-order valence-electron chi connectivity index (χ0n) is 18.6. The predicted molar refractivity (Wildman–Crippen MR) is 122 cm³/mol. The van der Waals surface area contributed by atoms with Gasteiger partial charge < -0.3 is 14.9 Å². The second-order valence-corrected chi connectivity index (χ2v) is 9.20. The fourth-order valence-corrected chi connectivity index (χ4v) is 5.53. The molecule has 1 aliphatic carbocycles. The summed E-state index contributed by atoms with van der Waals surface area (Å²) in [5.74, 6) is 6.88. The highest BCUT2D eigenvalue weighted by atomic mass is 16.3. The van der Waals surface area contributed by atoms with E-state index in [4.69, 9.17) is 0 Å². The van der Waals surface area contributed by atoms with E-state index in [2.05, 4.69) is 21.8 Å². The van der Waals surface area contributed by atoms with Crippen molar-refractivity contribution in [1.82, 2.24) is 19.8 Å². The van der Waals surface area contributed by atoms with E-state index in [0.29, 0.717) is 6.54 Å². The molecule has 1 aromatic heterocycles. The van der Waals surface area contributed by atoms with E-state index in [1.165, 1.54) is 49.2 Å². The smallest absolute Gasteiger partial charge is 0.274 e. The van der Waals surface area contributed by atoms with Crippen molar-refractivity contribution >= 4 is 11.8 Å². The maximum atomic E-state index is 12.8. The molecule has 1 N–H and O–H groups in total. The molecule has 5 rings (SSSR count). The van der Waals surface area contributed by atoms with Crippen LogP contribution in [0, 0.1) is 17.8 Å². The Morgan fingerprint density at radius 1 is 1.15 bits per heavy atom. The van der Waals surface area contributed by atoms with E-state index >= 15 is 0 Å². The van der Waals surface area contributed by atoms with Gasteiger partial charge in [0.05, 0.1) is 24.9 Å². The summed E-state index contributed by atoms with van der Waals surface area (Å²) in [6, 6.07) is 7.68. The Morgan fingerprint density at radius 3 is 2.64 bits per heavy atom. The third-order valence-electron chi connectivity index (χ3n) is 7.22. The molecular weight excluding hydrogens is 416 g/mol. The van der Waals surface area contributed by atoms with Crippen LogP contribution in [0.25, 0.3) is 0 Å². The molecule has 2 aliphatic heterocycles. The highest BCUT2D eigenvalue weighted by molar-refractivity contribution is 5.96. The Labute approximate surface area is 193 Å². The molecule has 7 nitrogen and oxygen atoms in total. The number of hydrogen-bond acceptors (Lipinski definition) is 5. The molecule has 3 atom stereocenters. The van der Waals surface area contributed by atoms with Crippen molar-refractivity contribution in [2.24, 2.45) is 5.92 Å². The summed E-state index contributed by atoms with van der Waals surface area (Å²) in [4.78, 5) is 37.0. The predicted octanol–water partition coefficient (Wildman–Crippen LogP) is 2.22. The summed E-state index contributed by atoms with van der Waals surface area (Å²) < 4.78 is 0. The van der Waals surface area contributed by atoms with Crippen molar-refractivity contribution in [1.29, 1.82) is 0 Å². The lowest BCUT2D eigenvalue weighted by molar-refractivity contribution is -0.159. The molecule has 1 saturated carbocycles. The van der Waals surface area contributed by atoms with Crippen LogP contribution in [0.1, 0.15) is 59.6 Å². The van der Waals surface area contributed by atoms with E-state index in [0.717, 1.165) is 23.5 Å². The number of carbonyl (C=O) groups excluding carboxylic acids is 2. The molecule has 33 heavy (non-hydrogen) atoms. The van der Waals surface area contributed by atoms with Gasteiger partial charge in [0, 0.05) is 36.8 Å². The first-order valence-electron chi connectivity index (χ1n) is 11.7. The molecule has 1 aromatic carbocycles. The number of benzene rings is 1. The summed E-state index contributed by atoms with van der Waals surface area (Å²) >= 11 is 0. The van der Waals surface area contributed by atoms with Crippen LogP contribution in [0.3, 0.4) is 0 Å². The number of aliphatic hydroxyl groups excluding tert-OH is 1. The number of piperazine rings is 1. The van der Waals surface area contributed by atoms with Crippen molar-refractivity contribution in [2.75, 3.05) is 19.7 Å². The lowest BCUT2D eigenvalue weighted by atomic mass is 9.73. The summed E-state index contributed by atoms with van der Waals surface area (Å²) in [5, 5.41) is 9.99. The largest absolute Gasteiger partial charge is 0.394 e. The number of rotatable bonds is 4. The Morgan fingerprint density at radius 2 is 1.94 bits per heavy atom. The summed E-state index contributed by atoms with van der Waals surface area (Å²) in [6.45, 7) is 0.296. The molecule has 3 heterocycles. The van der Waals surface area contributed by atoms with Crippen LogP contribution in [-0.2, 0) is 4.79 Å². The Kier molecular flexibility index (Phi) is 6.10. The Balaban J connectivity index is 1.30. The van der Waals surface area contributed by atoms with Crippen LogP contribution in [-0.4, -0.2) is 68.5 Å². The van der Waals surface area contributed by atoms with Crippen molar-refractivity contribution in [3.63, 3.8) is 0 Å². The monoisotopic (exact) mass is 444 g/mol. The highest BCUT2D eigenvalue weighted by Crippen LogP contribution is 2.43. The Bertz CT molecular complexity index is 1070. The van der Waals surface area contributed by atoms with Gasteiger partial charge in [0.15, 0.2) is 0 Å². The molecule has 170 valence electrons. The van der Waals surface area contributed by atoms with Crippen LogP contribution in [0.4, 0.5) is 0 Å². The molecule has 7 heteroatoms. The first-order valence-corrected chi connectivity index (χ1v) is 11.7. The van der Waals surface area contributed by atoms with E-state index in [-0.39, 0.29) is 48.7 Å². The topological polar surface area (TPSA) is 86.6 Å². The van der Waals surface area contributed by atoms with Crippen molar-refractivity contribution in [3.05, 3.63) is 59.7 Å². The summed E-state index contributed by atoms with van der Waals surface area (Å²) in [5.41, 5.74) is 2.26. The van der Waals surface area contributed by atoms with Gasteiger partial charge >= 0.3 is 0 Å². The van der Waals surface area contributed by atoms with Crippen molar-refractivity contribution in [2.45, 2.75) is 50.1 Å². The van der Waals surface area contributed by atoms with Crippen LogP contribution < -0.4 is 0 Å². The standard InChI is InChI=1S/C26H28N4O3/c31-17-23-25(20-10-8-19(9-11-20)7-3-6-18-4-1-2-5-18)22-15-29(16-24(32)30(22)23)26(33)21-14-27-12-13-28-21/h8-14,18,22-23,25,31H,1-2,4-6,15-17H2/t22-,23-,25+/m1/s1. The maximum Gasteiger partial charge on any atom is 0.274 e. The van der Waals surface area contributed by atoms with Gasteiger partial charge in [-0.1, -0.05) is 36.8 Å². The van der Waals surface area contributed by atoms with E-state index < -0.39 is 0 Å². The van der Waals surface area contributed by atoms with E-state index in [1.54, 1.807) is 4.90 Å². The molecule has 3 aliphatic rings. The number of nitrogens with zero attached hydrogens (tertiary/aromatic N) is 4. The average Bonchev–Trinajstić information content (AvgIpc) is 3.35. The Hall–Kier alpha value is -3.24. The minimum Gasteiger partial charge on any atom is -0.394 e. The maximum absolute atomic E-state index is 12.8. The number of amides is 2. The van der Waals surface area contributed by atoms with Gasteiger partial charge in [-0.25, -0.2) is 4.98 Å². The van der Waals surface area contributed by atoms with E-state index in [9.17, 15) is 14.7 Å². The number of aromatic nitrogens is 2. The average molecular weight is 445 g/mol. The highest BCUT2D eigenvalue weighted by Gasteiger charge is 2.54. The number of fused-ring (bicyclic) bond motifs is 1. The van der Waals surface area contributed by atoms with Crippen LogP contribution in [0.5, 0.6) is 0 Å². The van der Waals surface area contributed by atoms with Crippen LogP contribution in [0.15, 0.2) is 42.9 Å². The summed E-state index contributed by atoms with van der Waals surface area (Å²) in [7, 11) is 0. The van der Waals surface area contributed by atoms with Crippen molar-refractivity contribution in [3.8, 4) is 11.8 Å². The van der Waals surface area contributed by atoms with Gasteiger partial charge in [-0.2, -0.15) is 0 Å². The molecule has 0 bridgehead atoms. The number of hydrogen-bond donors (Lipinski definition) is 1. The molecule has 0 radical (unpaired) electrons. The fourth-order valence-electron chi connectivity index (χ4n) is 5.53. The molecule has 0 unspecified atom stereocenters. The fraction of sp³-hybridized carbons (Fsp3) is 0.462. The SMILES string of the molecule is O=C(c1cnccn1)N1CC(=O)N2[C@H](CO)[C@@H](c3ccc(C#CCC4CCCC4)cc3)[C@H]2C1.